The van der Waals surface area contributed by atoms with Crippen molar-refractivity contribution >= 4 is 11.8 Å². The van der Waals surface area contributed by atoms with Gasteiger partial charge >= 0.3 is 6.18 Å². The molecule has 108 valence electrons. The van der Waals surface area contributed by atoms with E-state index in [1.807, 2.05) is 0 Å². The monoisotopic (exact) mass is 278 g/mol. The first-order valence-corrected chi connectivity index (χ1v) is 6.47. The predicted octanol–water partition coefficient (Wildman–Crippen LogP) is 1.45. The van der Waals surface area contributed by atoms with Crippen LogP contribution >= 0.6 is 0 Å². The van der Waals surface area contributed by atoms with Gasteiger partial charge in [0.15, 0.2) is 0 Å². The van der Waals surface area contributed by atoms with Gasteiger partial charge < -0.3 is 10.2 Å². The first-order valence-electron chi connectivity index (χ1n) is 6.47. The molecule has 2 rings (SSSR count). The number of halogens is 3. The molecule has 0 aromatic heterocycles. The average molecular weight is 278 g/mol. The van der Waals surface area contributed by atoms with E-state index in [9.17, 15) is 22.8 Å². The molecule has 0 aromatic rings. The van der Waals surface area contributed by atoms with Crippen LogP contribution in [0.15, 0.2) is 0 Å². The lowest BCUT2D eigenvalue weighted by Gasteiger charge is -2.37. The van der Waals surface area contributed by atoms with E-state index < -0.39 is 24.7 Å². The van der Waals surface area contributed by atoms with Crippen molar-refractivity contribution < 1.29 is 22.8 Å². The van der Waals surface area contributed by atoms with Gasteiger partial charge in [-0.3, -0.25) is 9.59 Å². The van der Waals surface area contributed by atoms with Crippen LogP contribution in [-0.2, 0) is 9.59 Å². The summed E-state index contributed by atoms with van der Waals surface area (Å²) in [5.41, 5.74) is 0. The Labute approximate surface area is 109 Å². The maximum atomic E-state index is 12.1. The van der Waals surface area contributed by atoms with E-state index in [0.29, 0.717) is 0 Å². The topological polar surface area (TPSA) is 49.4 Å². The number of carbonyl (C=O) groups is 2. The summed E-state index contributed by atoms with van der Waals surface area (Å²) in [6, 6.07) is -1.22. The highest BCUT2D eigenvalue weighted by Gasteiger charge is 2.45. The normalized spacial score (nSPS) is 28.5. The highest BCUT2D eigenvalue weighted by molar-refractivity contribution is 5.97. The molecule has 2 unspecified atom stereocenters. The Kier molecular flexibility index (Phi) is 3.73. The van der Waals surface area contributed by atoms with Crippen molar-refractivity contribution in [2.45, 2.75) is 50.9 Å². The van der Waals surface area contributed by atoms with E-state index in [-0.39, 0.29) is 30.7 Å². The minimum atomic E-state index is -4.22. The second-order valence-corrected chi connectivity index (χ2v) is 5.25. The molecule has 2 fully saturated rings. The van der Waals surface area contributed by atoms with Crippen molar-refractivity contribution in [2.75, 3.05) is 6.54 Å². The lowest BCUT2D eigenvalue weighted by molar-refractivity contribution is -0.151. The molecule has 0 bridgehead atoms. The van der Waals surface area contributed by atoms with Gasteiger partial charge in [0.05, 0.1) is 0 Å². The Morgan fingerprint density at radius 2 is 1.95 bits per heavy atom. The largest absolute Gasteiger partial charge is 0.389 e. The van der Waals surface area contributed by atoms with Crippen LogP contribution < -0.4 is 5.32 Å². The van der Waals surface area contributed by atoms with Crippen LogP contribution in [0.2, 0.25) is 0 Å². The lowest BCUT2D eigenvalue weighted by atomic mass is 10.0. The third-order valence-electron chi connectivity index (χ3n) is 3.65. The molecule has 2 atom stereocenters. The molecule has 1 saturated carbocycles. The van der Waals surface area contributed by atoms with Crippen LogP contribution in [0.3, 0.4) is 0 Å². The van der Waals surface area contributed by atoms with E-state index in [1.165, 1.54) is 4.90 Å². The van der Waals surface area contributed by atoms with Crippen molar-refractivity contribution in [2.24, 2.45) is 5.92 Å². The number of hydrogen-bond donors (Lipinski definition) is 1. The van der Waals surface area contributed by atoms with E-state index in [4.69, 9.17) is 0 Å². The molecule has 1 aliphatic carbocycles. The van der Waals surface area contributed by atoms with Crippen LogP contribution in [0.1, 0.15) is 32.6 Å². The molecule has 1 N–H and O–H groups in total. The van der Waals surface area contributed by atoms with Gasteiger partial charge in [-0.05, 0) is 32.1 Å². The Bertz CT molecular complexity index is 380. The second-order valence-electron chi connectivity index (χ2n) is 5.25. The van der Waals surface area contributed by atoms with Crippen LogP contribution in [0.5, 0.6) is 0 Å². The van der Waals surface area contributed by atoms with Crippen molar-refractivity contribution in [3.05, 3.63) is 0 Å². The third kappa shape index (κ3) is 3.39. The van der Waals surface area contributed by atoms with Crippen molar-refractivity contribution in [3.63, 3.8) is 0 Å². The summed E-state index contributed by atoms with van der Waals surface area (Å²) in [5.74, 6) is -0.352. The Hall–Kier alpha value is -1.27. The maximum absolute atomic E-state index is 12.1. The zero-order valence-corrected chi connectivity index (χ0v) is 10.7. The first kappa shape index (κ1) is 14.1. The lowest BCUT2D eigenvalue weighted by Crippen LogP contribution is -2.63. The van der Waals surface area contributed by atoms with Crippen molar-refractivity contribution in [1.29, 1.82) is 0 Å². The number of nitrogens with zero attached hydrogens (tertiary/aromatic N) is 1. The summed E-state index contributed by atoms with van der Waals surface area (Å²) in [5, 5.41) is 2.66. The summed E-state index contributed by atoms with van der Waals surface area (Å²) in [6.07, 6.45) is -3.54. The molecule has 19 heavy (non-hydrogen) atoms. The highest BCUT2D eigenvalue weighted by Crippen LogP contribution is 2.35. The summed E-state index contributed by atoms with van der Waals surface area (Å²) >= 11 is 0. The van der Waals surface area contributed by atoms with Gasteiger partial charge in [-0.25, -0.2) is 0 Å². The average Bonchev–Trinajstić information content (AvgIpc) is 3.10. The predicted molar refractivity (Wildman–Crippen MR) is 61.1 cm³/mol. The quantitative estimate of drug-likeness (QED) is 0.846. The summed E-state index contributed by atoms with van der Waals surface area (Å²) in [7, 11) is 0. The molecule has 0 aromatic carbocycles. The number of carbonyl (C=O) groups excluding carboxylic acids is 2. The van der Waals surface area contributed by atoms with Gasteiger partial charge in [-0.2, -0.15) is 13.2 Å². The first-order chi connectivity index (χ1) is 8.79. The molecule has 4 nitrogen and oxygen atoms in total. The summed E-state index contributed by atoms with van der Waals surface area (Å²) in [4.78, 5) is 25.2. The number of amides is 2. The molecule has 0 spiro atoms. The minimum Gasteiger partial charge on any atom is -0.342 e. The zero-order valence-electron chi connectivity index (χ0n) is 10.7. The van der Waals surface area contributed by atoms with Crippen LogP contribution in [0.4, 0.5) is 13.2 Å². The molecule has 1 aliphatic heterocycles. The van der Waals surface area contributed by atoms with Gasteiger partial charge in [-0.1, -0.05) is 0 Å². The van der Waals surface area contributed by atoms with Crippen molar-refractivity contribution in [3.8, 4) is 0 Å². The van der Waals surface area contributed by atoms with Crippen LogP contribution in [0.25, 0.3) is 0 Å². The standard InChI is InChI=1S/C12H17F3N2O2/c1-7-10(18)16-9(8-3-4-8)11(19)17(7)6-2-5-12(13,14)15/h7-9H,2-6H2,1H3,(H,16,18). The zero-order chi connectivity index (χ0) is 14.2. The molecule has 2 aliphatic rings. The Balaban J connectivity index is 1.95. The number of rotatable bonds is 4. The highest BCUT2D eigenvalue weighted by atomic mass is 19.4. The number of alkyl halides is 3. The summed E-state index contributed by atoms with van der Waals surface area (Å²) < 4.78 is 36.3. The smallest absolute Gasteiger partial charge is 0.342 e. The Morgan fingerprint density at radius 3 is 2.47 bits per heavy atom. The third-order valence-corrected chi connectivity index (χ3v) is 3.65. The van der Waals surface area contributed by atoms with Crippen LogP contribution in [0, 0.1) is 5.92 Å². The van der Waals surface area contributed by atoms with Gasteiger partial charge in [0.25, 0.3) is 0 Å². The van der Waals surface area contributed by atoms with E-state index in [0.717, 1.165) is 12.8 Å². The van der Waals surface area contributed by atoms with E-state index >= 15 is 0 Å². The van der Waals surface area contributed by atoms with Crippen LogP contribution in [-0.4, -0.2) is 41.5 Å². The van der Waals surface area contributed by atoms with Gasteiger partial charge in [0, 0.05) is 13.0 Å². The van der Waals surface area contributed by atoms with Gasteiger partial charge in [0.2, 0.25) is 11.8 Å². The van der Waals surface area contributed by atoms with Gasteiger partial charge in [0.1, 0.15) is 12.1 Å². The minimum absolute atomic E-state index is 0.0177. The molecular weight excluding hydrogens is 261 g/mol. The fourth-order valence-corrected chi connectivity index (χ4v) is 2.35. The number of nitrogens with one attached hydrogen (secondary N) is 1. The number of piperazine rings is 1. The van der Waals surface area contributed by atoms with E-state index in [2.05, 4.69) is 5.32 Å². The summed E-state index contributed by atoms with van der Waals surface area (Å²) in [6.45, 7) is 1.53. The fraction of sp³-hybridized carbons (Fsp3) is 0.833. The molecule has 0 radical (unpaired) electrons. The van der Waals surface area contributed by atoms with E-state index in [1.54, 1.807) is 6.92 Å². The maximum Gasteiger partial charge on any atom is 0.389 e. The van der Waals surface area contributed by atoms with Crippen molar-refractivity contribution in [1.82, 2.24) is 10.2 Å². The molecule has 1 saturated heterocycles. The van der Waals surface area contributed by atoms with Gasteiger partial charge in [-0.15, -0.1) is 0 Å². The SMILES string of the molecule is CC1C(=O)NC(C2CC2)C(=O)N1CCCC(F)(F)F. The molecule has 7 heteroatoms. The number of hydrogen-bond acceptors (Lipinski definition) is 2. The fourth-order valence-electron chi connectivity index (χ4n) is 2.35. The molecule has 2 amide bonds. The molecule has 1 heterocycles. The second kappa shape index (κ2) is 5.02. The molecular formula is C12H17F3N2O2. The Morgan fingerprint density at radius 1 is 1.32 bits per heavy atom.